The van der Waals surface area contributed by atoms with E-state index in [4.69, 9.17) is 5.73 Å². The summed E-state index contributed by atoms with van der Waals surface area (Å²) in [6, 6.07) is -0.245. The van der Waals surface area contributed by atoms with E-state index in [0.29, 0.717) is 6.54 Å². The Kier molecular flexibility index (Phi) is 4.55. The van der Waals surface area contributed by atoms with Gasteiger partial charge in [0.2, 0.25) is 0 Å². The first-order valence-electron chi connectivity index (χ1n) is 4.39. The van der Waals surface area contributed by atoms with E-state index in [2.05, 4.69) is 9.64 Å². The summed E-state index contributed by atoms with van der Waals surface area (Å²) in [5.74, 6) is 1.94. The zero-order valence-electron chi connectivity index (χ0n) is 7.86. The number of methoxy groups -OCH3 is 1. The average molecular weight is 204 g/mol. The molecule has 1 atom stereocenters. The molecule has 76 valence electrons. The molecule has 2 N–H and O–H groups in total. The number of ether oxygens (including phenoxy) is 1. The van der Waals surface area contributed by atoms with E-state index in [1.54, 1.807) is 0 Å². The number of carbonyl (C=O) groups is 1. The van der Waals surface area contributed by atoms with E-state index in [1.165, 1.54) is 7.11 Å². The molecule has 1 heterocycles. The van der Waals surface area contributed by atoms with Crippen molar-refractivity contribution < 1.29 is 9.53 Å². The van der Waals surface area contributed by atoms with Gasteiger partial charge in [-0.1, -0.05) is 0 Å². The molecule has 13 heavy (non-hydrogen) atoms. The van der Waals surface area contributed by atoms with E-state index < -0.39 is 0 Å². The van der Waals surface area contributed by atoms with Crippen molar-refractivity contribution in [3.8, 4) is 0 Å². The first kappa shape index (κ1) is 10.8. The van der Waals surface area contributed by atoms with Gasteiger partial charge in [0.05, 0.1) is 7.11 Å². The van der Waals surface area contributed by atoms with Gasteiger partial charge in [-0.25, -0.2) is 0 Å². The number of rotatable bonds is 3. The van der Waals surface area contributed by atoms with E-state index in [0.717, 1.165) is 24.6 Å². The van der Waals surface area contributed by atoms with Gasteiger partial charge >= 0.3 is 5.97 Å². The van der Waals surface area contributed by atoms with E-state index in [-0.39, 0.29) is 12.0 Å². The van der Waals surface area contributed by atoms with Gasteiger partial charge in [-0.3, -0.25) is 9.69 Å². The Balaban J connectivity index is 2.48. The summed E-state index contributed by atoms with van der Waals surface area (Å²) >= 11 is 1.91. The lowest BCUT2D eigenvalue weighted by molar-refractivity contribution is -0.146. The number of hydrogen-bond acceptors (Lipinski definition) is 5. The van der Waals surface area contributed by atoms with Crippen LogP contribution in [0, 0.1) is 0 Å². The number of carbonyl (C=O) groups excluding carboxylic acids is 1. The molecular weight excluding hydrogens is 188 g/mol. The molecule has 1 unspecified atom stereocenters. The molecule has 0 aromatic heterocycles. The predicted octanol–water partition coefficient (Wildman–Crippen LogP) is -0.464. The van der Waals surface area contributed by atoms with Gasteiger partial charge in [-0.2, -0.15) is 11.8 Å². The summed E-state index contributed by atoms with van der Waals surface area (Å²) in [5, 5.41) is 0. The van der Waals surface area contributed by atoms with Gasteiger partial charge < -0.3 is 10.5 Å². The molecule has 1 aliphatic rings. The van der Waals surface area contributed by atoms with Crippen molar-refractivity contribution >= 4 is 17.7 Å². The highest BCUT2D eigenvalue weighted by molar-refractivity contribution is 7.99. The molecule has 1 saturated heterocycles. The zero-order valence-corrected chi connectivity index (χ0v) is 8.68. The third kappa shape index (κ3) is 2.86. The van der Waals surface area contributed by atoms with Crippen molar-refractivity contribution in [1.82, 2.24) is 4.90 Å². The summed E-state index contributed by atoms with van der Waals surface area (Å²) in [6.07, 6.45) is 0. The predicted molar refractivity (Wildman–Crippen MR) is 53.8 cm³/mol. The SMILES string of the molecule is COC(=O)C(CN)N1CCSCC1. The van der Waals surface area contributed by atoms with Crippen LogP contribution >= 0.6 is 11.8 Å². The molecule has 4 nitrogen and oxygen atoms in total. The van der Waals surface area contributed by atoms with Crippen molar-refractivity contribution in [1.29, 1.82) is 0 Å². The Morgan fingerprint density at radius 2 is 2.23 bits per heavy atom. The third-order valence-electron chi connectivity index (χ3n) is 2.18. The molecule has 0 spiro atoms. The van der Waals surface area contributed by atoms with Crippen LogP contribution in [-0.2, 0) is 9.53 Å². The summed E-state index contributed by atoms with van der Waals surface area (Å²) in [7, 11) is 1.41. The Morgan fingerprint density at radius 1 is 1.62 bits per heavy atom. The Bertz CT molecular complexity index is 172. The smallest absolute Gasteiger partial charge is 0.324 e. The van der Waals surface area contributed by atoms with Gasteiger partial charge in [0, 0.05) is 31.1 Å². The van der Waals surface area contributed by atoms with Crippen molar-refractivity contribution in [3.63, 3.8) is 0 Å². The van der Waals surface area contributed by atoms with Crippen molar-refractivity contribution in [2.24, 2.45) is 5.73 Å². The molecule has 0 aliphatic carbocycles. The van der Waals surface area contributed by atoms with E-state index in [9.17, 15) is 4.79 Å². The molecule has 1 fully saturated rings. The lowest BCUT2D eigenvalue weighted by Gasteiger charge is -2.31. The zero-order chi connectivity index (χ0) is 9.68. The summed E-state index contributed by atoms with van der Waals surface area (Å²) in [4.78, 5) is 13.4. The Labute approximate surface area is 82.8 Å². The normalized spacial score (nSPS) is 21.1. The minimum absolute atomic E-state index is 0.214. The highest BCUT2D eigenvalue weighted by Crippen LogP contribution is 2.12. The maximum absolute atomic E-state index is 11.3. The molecule has 0 aromatic rings. The van der Waals surface area contributed by atoms with Crippen LogP contribution in [-0.4, -0.2) is 55.2 Å². The summed E-state index contributed by atoms with van der Waals surface area (Å²) in [5.41, 5.74) is 5.53. The van der Waals surface area contributed by atoms with Gasteiger partial charge in [-0.15, -0.1) is 0 Å². The second kappa shape index (κ2) is 5.47. The topological polar surface area (TPSA) is 55.6 Å². The van der Waals surface area contributed by atoms with Crippen molar-refractivity contribution in [2.75, 3.05) is 38.2 Å². The fourth-order valence-electron chi connectivity index (χ4n) is 1.42. The minimum Gasteiger partial charge on any atom is -0.468 e. The van der Waals surface area contributed by atoms with Crippen LogP contribution < -0.4 is 5.73 Å². The number of esters is 1. The minimum atomic E-state index is -0.245. The largest absolute Gasteiger partial charge is 0.468 e. The van der Waals surface area contributed by atoms with Crippen LogP contribution in [0.2, 0.25) is 0 Å². The van der Waals surface area contributed by atoms with Crippen LogP contribution in [0.25, 0.3) is 0 Å². The second-order valence-corrected chi connectivity index (χ2v) is 4.15. The third-order valence-corrected chi connectivity index (χ3v) is 3.13. The van der Waals surface area contributed by atoms with Gasteiger partial charge in [0.25, 0.3) is 0 Å². The average Bonchev–Trinajstić information content (AvgIpc) is 2.20. The number of nitrogens with zero attached hydrogens (tertiary/aromatic N) is 1. The maximum atomic E-state index is 11.3. The number of nitrogens with two attached hydrogens (primary N) is 1. The highest BCUT2D eigenvalue weighted by atomic mass is 32.2. The first-order chi connectivity index (χ1) is 6.29. The first-order valence-corrected chi connectivity index (χ1v) is 5.54. The molecular formula is C8H16N2O2S. The van der Waals surface area contributed by atoms with Gasteiger partial charge in [0.1, 0.15) is 6.04 Å². The Morgan fingerprint density at radius 3 is 2.69 bits per heavy atom. The molecule has 0 bridgehead atoms. The fourth-order valence-corrected chi connectivity index (χ4v) is 2.35. The lowest BCUT2D eigenvalue weighted by Crippen LogP contribution is -2.49. The van der Waals surface area contributed by atoms with Crippen molar-refractivity contribution in [3.05, 3.63) is 0 Å². The highest BCUT2D eigenvalue weighted by Gasteiger charge is 2.26. The van der Waals surface area contributed by atoms with Gasteiger partial charge in [-0.05, 0) is 0 Å². The standard InChI is InChI=1S/C8H16N2O2S/c1-12-8(11)7(6-9)10-2-4-13-5-3-10/h7H,2-6,9H2,1H3. The second-order valence-electron chi connectivity index (χ2n) is 2.92. The number of thioether (sulfide) groups is 1. The summed E-state index contributed by atoms with van der Waals surface area (Å²) < 4.78 is 4.69. The molecule has 0 saturated carbocycles. The molecule has 1 rings (SSSR count). The van der Waals surface area contributed by atoms with Crippen LogP contribution in [0.4, 0.5) is 0 Å². The van der Waals surface area contributed by atoms with E-state index >= 15 is 0 Å². The van der Waals surface area contributed by atoms with E-state index in [1.807, 2.05) is 11.8 Å². The Hall–Kier alpha value is -0.260. The maximum Gasteiger partial charge on any atom is 0.324 e. The molecule has 0 radical (unpaired) electrons. The monoisotopic (exact) mass is 204 g/mol. The molecule has 0 amide bonds. The summed E-state index contributed by atoms with van der Waals surface area (Å²) in [6.45, 7) is 2.21. The van der Waals surface area contributed by atoms with Crippen LogP contribution in [0.15, 0.2) is 0 Å². The quantitative estimate of drug-likeness (QED) is 0.630. The molecule has 1 aliphatic heterocycles. The van der Waals surface area contributed by atoms with Crippen LogP contribution in [0.5, 0.6) is 0 Å². The van der Waals surface area contributed by atoms with Crippen molar-refractivity contribution in [2.45, 2.75) is 6.04 Å². The lowest BCUT2D eigenvalue weighted by atomic mass is 10.2. The number of hydrogen-bond donors (Lipinski definition) is 1. The fraction of sp³-hybridized carbons (Fsp3) is 0.875. The molecule has 0 aromatic carbocycles. The van der Waals surface area contributed by atoms with Crippen LogP contribution in [0.3, 0.4) is 0 Å². The molecule has 5 heteroatoms. The van der Waals surface area contributed by atoms with Crippen LogP contribution in [0.1, 0.15) is 0 Å². The van der Waals surface area contributed by atoms with Gasteiger partial charge in [0.15, 0.2) is 0 Å².